The molecule has 0 saturated carbocycles. The minimum Gasteiger partial charge on any atom is -0.466 e. The smallest absolute Gasteiger partial charge is 0.417 e. The first kappa shape index (κ1) is 29.0. The number of carbonyl (C=O) groups is 2. The summed E-state index contributed by atoms with van der Waals surface area (Å²) < 4.78 is 68.2. The highest BCUT2D eigenvalue weighted by molar-refractivity contribution is 6.32. The molecule has 2 aliphatic heterocycles. The molecule has 0 spiro atoms. The second kappa shape index (κ2) is 11.4. The van der Waals surface area contributed by atoms with E-state index in [1.165, 1.54) is 6.07 Å². The van der Waals surface area contributed by atoms with E-state index in [-0.39, 0.29) is 54.0 Å². The summed E-state index contributed by atoms with van der Waals surface area (Å²) in [5, 5.41) is 2.33. The Morgan fingerprint density at radius 3 is 2.49 bits per heavy atom. The Kier molecular flexibility index (Phi) is 8.94. The van der Waals surface area contributed by atoms with Crippen molar-refractivity contribution in [2.45, 2.75) is 51.7 Å². The summed E-state index contributed by atoms with van der Waals surface area (Å²) in [7, 11) is 1.13. The number of carbonyl (C=O) groups excluding carboxylic acids is 2. The molecule has 1 aromatic rings. The van der Waals surface area contributed by atoms with Gasteiger partial charge in [-0.1, -0.05) is 23.7 Å². The van der Waals surface area contributed by atoms with Crippen molar-refractivity contribution < 1.29 is 46.4 Å². The Hall–Kier alpha value is -2.60. The van der Waals surface area contributed by atoms with Crippen molar-refractivity contribution in [3.05, 3.63) is 56.9 Å². The molecule has 1 saturated heterocycles. The van der Waals surface area contributed by atoms with Crippen molar-refractivity contribution in [3.8, 4) is 0 Å². The zero-order chi connectivity index (χ0) is 27.5. The number of hydrogen-bond donors (Lipinski definition) is 1. The van der Waals surface area contributed by atoms with Gasteiger partial charge in [0.2, 0.25) is 0 Å². The SMILES string of the molecule is CCOC(=O)C1=C(COCC2COC(C)(C)O2)NC(C)=C(C(=O)OC)C1c1cccc(C(F)(F)F)c1Cl. The molecule has 0 aromatic heterocycles. The lowest BCUT2D eigenvalue weighted by molar-refractivity contribution is -0.144. The number of ether oxygens (including phenoxy) is 5. The highest BCUT2D eigenvalue weighted by atomic mass is 35.5. The van der Waals surface area contributed by atoms with Crippen LogP contribution in [0.15, 0.2) is 40.7 Å². The maximum absolute atomic E-state index is 13.7. The Morgan fingerprint density at radius 2 is 1.92 bits per heavy atom. The molecule has 2 atom stereocenters. The number of methoxy groups -OCH3 is 1. The van der Waals surface area contributed by atoms with Gasteiger partial charge in [-0.05, 0) is 39.3 Å². The van der Waals surface area contributed by atoms with Gasteiger partial charge >= 0.3 is 18.1 Å². The van der Waals surface area contributed by atoms with E-state index in [1.54, 1.807) is 27.7 Å². The first-order chi connectivity index (χ1) is 17.3. The van der Waals surface area contributed by atoms with Gasteiger partial charge in [-0.25, -0.2) is 9.59 Å². The molecular formula is C25H29ClF3NO7. The van der Waals surface area contributed by atoms with Gasteiger partial charge < -0.3 is 29.0 Å². The molecular weight excluding hydrogens is 519 g/mol. The van der Waals surface area contributed by atoms with Crippen molar-refractivity contribution >= 4 is 23.5 Å². The lowest BCUT2D eigenvalue weighted by atomic mass is 9.79. The molecule has 3 rings (SSSR count). The van der Waals surface area contributed by atoms with Crippen LogP contribution in [0.1, 0.15) is 44.7 Å². The molecule has 0 bridgehead atoms. The molecule has 204 valence electrons. The number of dihydropyridines is 1. The molecule has 1 N–H and O–H groups in total. The number of hydrogen-bond acceptors (Lipinski definition) is 8. The summed E-state index contributed by atoms with van der Waals surface area (Å²) in [6.07, 6.45) is -5.12. The van der Waals surface area contributed by atoms with E-state index in [2.05, 4.69) is 5.32 Å². The van der Waals surface area contributed by atoms with E-state index in [9.17, 15) is 22.8 Å². The van der Waals surface area contributed by atoms with E-state index in [0.29, 0.717) is 6.61 Å². The van der Waals surface area contributed by atoms with Crippen molar-refractivity contribution in [3.63, 3.8) is 0 Å². The Labute approximate surface area is 217 Å². The van der Waals surface area contributed by atoms with Gasteiger partial charge in [-0.2, -0.15) is 13.2 Å². The van der Waals surface area contributed by atoms with Crippen molar-refractivity contribution in [2.75, 3.05) is 33.5 Å². The van der Waals surface area contributed by atoms with Crippen LogP contribution in [0, 0.1) is 0 Å². The van der Waals surface area contributed by atoms with Gasteiger partial charge in [0, 0.05) is 5.70 Å². The summed E-state index contributed by atoms with van der Waals surface area (Å²) in [6, 6.07) is 3.31. The monoisotopic (exact) mass is 547 g/mol. The molecule has 0 radical (unpaired) electrons. The lowest BCUT2D eigenvalue weighted by Gasteiger charge is -2.32. The third kappa shape index (κ3) is 6.46. The van der Waals surface area contributed by atoms with E-state index >= 15 is 0 Å². The maximum Gasteiger partial charge on any atom is 0.417 e. The fourth-order valence-electron chi connectivity index (χ4n) is 4.28. The van der Waals surface area contributed by atoms with Crippen LogP contribution in [0.25, 0.3) is 0 Å². The summed E-state index contributed by atoms with van der Waals surface area (Å²) in [4.78, 5) is 26.0. The van der Waals surface area contributed by atoms with Gasteiger partial charge in [0.05, 0.1) is 66.9 Å². The maximum atomic E-state index is 13.7. The van der Waals surface area contributed by atoms with Gasteiger partial charge in [-0.15, -0.1) is 0 Å². The minimum atomic E-state index is -4.76. The molecule has 0 aliphatic carbocycles. The molecule has 12 heteroatoms. The van der Waals surface area contributed by atoms with E-state index in [1.807, 2.05) is 0 Å². The normalized spacial score (nSPS) is 21.6. The predicted molar refractivity (Wildman–Crippen MR) is 126 cm³/mol. The minimum absolute atomic E-state index is 0.0158. The molecule has 1 fully saturated rings. The fourth-order valence-corrected chi connectivity index (χ4v) is 4.62. The number of esters is 2. The average molecular weight is 548 g/mol. The molecule has 2 unspecified atom stereocenters. The van der Waals surface area contributed by atoms with Gasteiger partial charge in [0.1, 0.15) is 6.10 Å². The lowest BCUT2D eigenvalue weighted by Crippen LogP contribution is -2.35. The number of benzene rings is 1. The van der Waals surface area contributed by atoms with Crippen molar-refractivity contribution in [1.82, 2.24) is 5.32 Å². The van der Waals surface area contributed by atoms with Gasteiger partial charge in [0.25, 0.3) is 0 Å². The average Bonchev–Trinajstić information content (AvgIpc) is 3.16. The number of halogens is 4. The number of allylic oxidation sites excluding steroid dienone is 1. The zero-order valence-electron chi connectivity index (χ0n) is 21.1. The summed E-state index contributed by atoms with van der Waals surface area (Å²) >= 11 is 6.25. The second-order valence-corrected chi connectivity index (χ2v) is 9.25. The number of rotatable bonds is 8. The Balaban J connectivity index is 2.09. The van der Waals surface area contributed by atoms with Crippen LogP contribution in [-0.4, -0.2) is 57.4 Å². The van der Waals surface area contributed by atoms with Crippen LogP contribution in [0.5, 0.6) is 0 Å². The first-order valence-electron chi connectivity index (χ1n) is 11.5. The molecule has 37 heavy (non-hydrogen) atoms. The fraction of sp³-hybridized carbons (Fsp3) is 0.520. The van der Waals surface area contributed by atoms with E-state index in [4.69, 9.17) is 35.3 Å². The highest BCUT2D eigenvalue weighted by Gasteiger charge is 2.42. The zero-order valence-corrected chi connectivity index (χ0v) is 21.8. The van der Waals surface area contributed by atoms with Gasteiger partial charge in [0.15, 0.2) is 5.79 Å². The Bertz CT molecular complexity index is 1110. The van der Waals surface area contributed by atoms with Crippen LogP contribution >= 0.6 is 11.6 Å². The topological polar surface area (TPSA) is 92.3 Å². The third-order valence-electron chi connectivity index (χ3n) is 5.81. The second-order valence-electron chi connectivity index (χ2n) is 8.87. The van der Waals surface area contributed by atoms with E-state index < -0.39 is 40.4 Å². The number of nitrogens with one attached hydrogen (secondary N) is 1. The largest absolute Gasteiger partial charge is 0.466 e. The van der Waals surface area contributed by atoms with Gasteiger partial charge in [-0.3, -0.25) is 0 Å². The quantitative estimate of drug-likeness (QED) is 0.476. The molecule has 2 heterocycles. The van der Waals surface area contributed by atoms with Crippen LogP contribution < -0.4 is 5.32 Å². The highest BCUT2D eigenvalue weighted by Crippen LogP contribution is 2.45. The summed E-state index contributed by atoms with van der Waals surface area (Å²) in [5.41, 5.74) is -0.928. The standard InChI is InChI=1S/C25H29ClF3NO7/c1-6-35-23(32)20-17(12-34-10-14-11-36-24(3,4)37-14)30-13(2)18(22(31)33-5)19(20)15-8-7-9-16(21(15)26)25(27,28)29/h7-9,14,19,30H,6,10-12H2,1-5H3. The first-order valence-corrected chi connectivity index (χ1v) is 11.9. The van der Waals surface area contributed by atoms with Crippen molar-refractivity contribution in [1.29, 1.82) is 0 Å². The van der Waals surface area contributed by atoms with Crippen LogP contribution in [-0.2, 0) is 39.4 Å². The van der Waals surface area contributed by atoms with Crippen LogP contribution in [0.2, 0.25) is 5.02 Å². The van der Waals surface area contributed by atoms with E-state index in [0.717, 1.165) is 19.2 Å². The summed E-state index contributed by atoms with van der Waals surface area (Å²) in [6.45, 7) is 6.90. The molecule has 0 amide bonds. The Morgan fingerprint density at radius 1 is 1.22 bits per heavy atom. The third-order valence-corrected chi connectivity index (χ3v) is 6.23. The molecule has 1 aromatic carbocycles. The molecule has 8 nitrogen and oxygen atoms in total. The predicted octanol–water partition coefficient (Wildman–Crippen LogP) is 4.48. The number of alkyl halides is 3. The van der Waals surface area contributed by atoms with Crippen LogP contribution in [0.4, 0.5) is 13.2 Å². The van der Waals surface area contributed by atoms with Crippen molar-refractivity contribution in [2.24, 2.45) is 0 Å². The summed E-state index contributed by atoms with van der Waals surface area (Å²) in [5.74, 6) is -3.76. The molecule has 2 aliphatic rings. The van der Waals surface area contributed by atoms with Crippen LogP contribution in [0.3, 0.4) is 0 Å².